The lowest BCUT2D eigenvalue weighted by Crippen LogP contribution is -2.24. The van der Waals surface area contributed by atoms with Crippen LogP contribution < -0.4 is 5.56 Å². The third kappa shape index (κ3) is 1.86. The van der Waals surface area contributed by atoms with Gasteiger partial charge >= 0.3 is 0 Å². The summed E-state index contributed by atoms with van der Waals surface area (Å²) < 4.78 is 1.76. The molecule has 1 saturated carbocycles. The fourth-order valence-electron chi connectivity index (χ4n) is 2.16. The second-order valence-electron chi connectivity index (χ2n) is 4.18. The predicted molar refractivity (Wildman–Crippen MR) is 55.2 cm³/mol. The van der Waals surface area contributed by atoms with Crippen molar-refractivity contribution in [2.24, 2.45) is 5.92 Å². The first-order chi connectivity index (χ1) is 6.77. The topological polar surface area (TPSA) is 34.9 Å². The fourth-order valence-corrected chi connectivity index (χ4v) is 2.16. The van der Waals surface area contributed by atoms with Gasteiger partial charge in [0.2, 0.25) is 0 Å². The van der Waals surface area contributed by atoms with E-state index in [0.29, 0.717) is 5.92 Å². The summed E-state index contributed by atoms with van der Waals surface area (Å²) in [5, 5.41) is 0. The molecule has 3 heteroatoms. The van der Waals surface area contributed by atoms with Crippen LogP contribution in [-0.4, -0.2) is 9.55 Å². The molecule has 0 bridgehead atoms. The average molecular weight is 192 g/mol. The molecule has 0 unspecified atom stereocenters. The van der Waals surface area contributed by atoms with Gasteiger partial charge in [-0.3, -0.25) is 9.36 Å². The normalized spacial score (nSPS) is 17.5. The third-order valence-corrected chi connectivity index (χ3v) is 3.00. The van der Waals surface area contributed by atoms with E-state index in [9.17, 15) is 4.79 Å². The van der Waals surface area contributed by atoms with Gasteiger partial charge in [0.1, 0.15) is 0 Å². The molecule has 0 atom stereocenters. The van der Waals surface area contributed by atoms with Crippen LogP contribution in [0.25, 0.3) is 0 Å². The van der Waals surface area contributed by atoms with Gasteiger partial charge < -0.3 is 0 Å². The summed E-state index contributed by atoms with van der Waals surface area (Å²) in [6.45, 7) is 2.67. The number of aryl methyl sites for hydroxylation is 1. The molecule has 0 aliphatic heterocycles. The van der Waals surface area contributed by atoms with Gasteiger partial charge in [-0.05, 0) is 25.7 Å². The molecule has 1 aromatic rings. The van der Waals surface area contributed by atoms with Crippen molar-refractivity contribution in [3.8, 4) is 0 Å². The van der Waals surface area contributed by atoms with E-state index in [2.05, 4.69) is 4.98 Å². The Morgan fingerprint density at radius 1 is 1.50 bits per heavy atom. The minimum absolute atomic E-state index is 0.118. The second kappa shape index (κ2) is 3.95. The molecule has 0 amide bonds. The Hall–Kier alpha value is -1.12. The van der Waals surface area contributed by atoms with Crippen LogP contribution in [0, 0.1) is 12.8 Å². The van der Waals surface area contributed by atoms with Gasteiger partial charge in [-0.25, -0.2) is 4.98 Å². The zero-order valence-corrected chi connectivity index (χ0v) is 8.57. The fraction of sp³-hybridized carbons (Fsp3) is 0.636. The van der Waals surface area contributed by atoms with Crippen LogP contribution in [-0.2, 0) is 6.54 Å². The van der Waals surface area contributed by atoms with Crippen molar-refractivity contribution < 1.29 is 0 Å². The molecule has 0 N–H and O–H groups in total. The highest BCUT2D eigenvalue weighted by atomic mass is 16.1. The number of hydrogen-bond donors (Lipinski definition) is 0. The maximum atomic E-state index is 11.7. The van der Waals surface area contributed by atoms with Crippen LogP contribution in [0.4, 0.5) is 0 Å². The molecule has 0 spiro atoms. The van der Waals surface area contributed by atoms with Gasteiger partial charge in [0.25, 0.3) is 5.56 Å². The molecule has 1 aliphatic carbocycles. The smallest absolute Gasteiger partial charge is 0.256 e. The van der Waals surface area contributed by atoms with Crippen molar-refractivity contribution >= 4 is 0 Å². The second-order valence-corrected chi connectivity index (χ2v) is 4.18. The summed E-state index contributed by atoms with van der Waals surface area (Å²) in [4.78, 5) is 15.7. The molecular formula is C11H16N2O. The van der Waals surface area contributed by atoms with Crippen LogP contribution in [0.1, 0.15) is 31.2 Å². The highest BCUT2D eigenvalue weighted by Crippen LogP contribution is 2.25. The first-order valence-corrected chi connectivity index (χ1v) is 5.28. The summed E-state index contributed by atoms with van der Waals surface area (Å²) in [5.74, 6) is 0.691. The molecule has 76 valence electrons. The summed E-state index contributed by atoms with van der Waals surface area (Å²) in [7, 11) is 0. The minimum Gasteiger partial charge on any atom is -0.299 e. The molecule has 1 aliphatic rings. The zero-order valence-electron chi connectivity index (χ0n) is 8.57. The quantitative estimate of drug-likeness (QED) is 0.715. The summed E-state index contributed by atoms with van der Waals surface area (Å²) in [6, 6.07) is 0. The van der Waals surface area contributed by atoms with Crippen molar-refractivity contribution in [3.63, 3.8) is 0 Å². The Morgan fingerprint density at radius 2 is 2.21 bits per heavy atom. The average Bonchev–Trinajstić information content (AvgIpc) is 2.66. The van der Waals surface area contributed by atoms with Crippen LogP contribution in [0.3, 0.4) is 0 Å². The van der Waals surface area contributed by atoms with Crippen molar-refractivity contribution in [2.75, 3.05) is 0 Å². The van der Waals surface area contributed by atoms with Crippen LogP contribution >= 0.6 is 0 Å². The Morgan fingerprint density at radius 3 is 2.93 bits per heavy atom. The Labute approximate surface area is 83.8 Å². The molecule has 0 aromatic carbocycles. The molecule has 2 rings (SSSR count). The van der Waals surface area contributed by atoms with Gasteiger partial charge in [-0.1, -0.05) is 12.8 Å². The SMILES string of the molecule is Cc1cncn(CC2CCCC2)c1=O. The number of hydrogen-bond acceptors (Lipinski definition) is 2. The summed E-state index contributed by atoms with van der Waals surface area (Å²) >= 11 is 0. The third-order valence-electron chi connectivity index (χ3n) is 3.00. The van der Waals surface area contributed by atoms with Crippen LogP contribution in [0.2, 0.25) is 0 Å². The van der Waals surface area contributed by atoms with Gasteiger partial charge in [-0.2, -0.15) is 0 Å². The first-order valence-electron chi connectivity index (χ1n) is 5.28. The highest BCUT2D eigenvalue weighted by molar-refractivity contribution is 5.00. The number of rotatable bonds is 2. The molecule has 3 nitrogen and oxygen atoms in total. The Kier molecular flexibility index (Phi) is 2.66. The highest BCUT2D eigenvalue weighted by Gasteiger charge is 2.15. The van der Waals surface area contributed by atoms with E-state index in [1.54, 1.807) is 17.1 Å². The Bertz CT molecular complexity index is 364. The molecule has 14 heavy (non-hydrogen) atoms. The maximum absolute atomic E-state index is 11.7. The van der Waals surface area contributed by atoms with E-state index >= 15 is 0 Å². The van der Waals surface area contributed by atoms with Gasteiger partial charge in [0, 0.05) is 18.3 Å². The number of aromatic nitrogens is 2. The molecule has 0 radical (unpaired) electrons. The van der Waals surface area contributed by atoms with Crippen molar-refractivity contribution in [1.29, 1.82) is 0 Å². The largest absolute Gasteiger partial charge is 0.299 e. The standard InChI is InChI=1S/C11H16N2O/c1-9-6-12-8-13(11(9)14)7-10-4-2-3-5-10/h6,8,10H,2-5,7H2,1H3. The first kappa shape index (κ1) is 9.44. The lowest BCUT2D eigenvalue weighted by Gasteiger charge is -2.10. The van der Waals surface area contributed by atoms with E-state index in [0.717, 1.165) is 12.1 Å². The van der Waals surface area contributed by atoms with Crippen molar-refractivity contribution in [1.82, 2.24) is 9.55 Å². The van der Waals surface area contributed by atoms with Crippen LogP contribution in [0.5, 0.6) is 0 Å². The van der Waals surface area contributed by atoms with Gasteiger partial charge in [-0.15, -0.1) is 0 Å². The monoisotopic (exact) mass is 192 g/mol. The predicted octanol–water partition coefficient (Wildman–Crippen LogP) is 1.74. The maximum Gasteiger partial charge on any atom is 0.256 e. The lowest BCUT2D eigenvalue weighted by atomic mass is 10.1. The van der Waals surface area contributed by atoms with Crippen molar-refractivity contribution in [2.45, 2.75) is 39.2 Å². The van der Waals surface area contributed by atoms with E-state index < -0.39 is 0 Å². The van der Waals surface area contributed by atoms with E-state index in [-0.39, 0.29) is 5.56 Å². The van der Waals surface area contributed by atoms with Gasteiger partial charge in [0.05, 0.1) is 6.33 Å². The van der Waals surface area contributed by atoms with Gasteiger partial charge in [0.15, 0.2) is 0 Å². The molecule has 1 heterocycles. The lowest BCUT2D eigenvalue weighted by molar-refractivity contribution is 0.444. The van der Waals surface area contributed by atoms with E-state index in [1.165, 1.54) is 25.7 Å². The Balaban J connectivity index is 2.16. The minimum atomic E-state index is 0.118. The molecular weight excluding hydrogens is 176 g/mol. The van der Waals surface area contributed by atoms with Crippen molar-refractivity contribution in [3.05, 3.63) is 28.4 Å². The van der Waals surface area contributed by atoms with Crippen LogP contribution in [0.15, 0.2) is 17.3 Å². The molecule has 0 saturated heterocycles. The summed E-state index contributed by atoms with van der Waals surface area (Å²) in [6.07, 6.45) is 8.46. The summed E-state index contributed by atoms with van der Waals surface area (Å²) in [5.41, 5.74) is 0.859. The molecule has 1 fully saturated rings. The zero-order chi connectivity index (χ0) is 9.97. The number of nitrogens with zero attached hydrogens (tertiary/aromatic N) is 2. The molecule has 1 aromatic heterocycles. The van der Waals surface area contributed by atoms with E-state index in [1.807, 2.05) is 6.92 Å². The van der Waals surface area contributed by atoms with E-state index in [4.69, 9.17) is 0 Å².